The highest BCUT2D eigenvalue weighted by Gasteiger charge is 2.13. The summed E-state index contributed by atoms with van der Waals surface area (Å²) in [5.74, 6) is 0.677. The largest absolute Gasteiger partial charge is 0.494 e. The molecule has 6 heteroatoms. The second-order valence-corrected chi connectivity index (χ2v) is 6.25. The maximum Gasteiger partial charge on any atom is 0.240 e. The van der Waals surface area contributed by atoms with Crippen LogP contribution in [-0.4, -0.2) is 27.6 Å². The predicted molar refractivity (Wildman–Crippen MR) is 75.7 cm³/mol. The van der Waals surface area contributed by atoms with Gasteiger partial charge in [-0.2, -0.15) is 0 Å². The molecule has 0 aromatic heterocycles. The summed E-state index contributed by atoms with van der Waals surface area (Å²) in [7, 11) is -3.45. The van der Waals surface area contributed by atoms with Gasteiger partial charge in [0.15, 0.2) is 0 Å². The first-order chi connectivity index (χ1) is 8.95. The number of nitrogens with two attached hydrogens (primary N) is 1. The minimum absolute atomic E-state index is 0.0208. The molecule has 0 fully saturated rings. The molecule has 3 N–H and O–H groups in total. The first kappa shape index (κ1) is 15.9. The van der Waals surface area contributed by atoms with Gasteiger partial charge in [-0.05, 0) is 44.0 Å². The van der Waals surface area contributed by atoms with Crippen LogP contribution in [0.2, 0.25) is 0 Å². The van der Waals surface area contributed by atoms with Crippen molar-refractivity contribution in [2.75, 3.05) is 13.2 Å². The Morgan fingerprint density at radius 2 is 1.95 bits per heavy atom. The summed E-state index contributed by atoms with van der Waals surface area (Å²) in [6, 6.07) is 6.39. The molecule has 0 aliphatic rings. The van der Waals surface area contributed by atoms with Crippen LogP contribution in [-0.2, 0) is 10.0 Å². The Balaban J connectivity index is 2.63. The highest BCUT2D eigenvalue weighted by molar-refractivity contribution is 7.89. The average molecular weight is 286 g/mol. The average Bonchev–Trinajstić information content (AvgIpc) is 2.36. The minimum Gasteiger partial charge on any atom is -0.494 e. The fourth-order valence-corrected chi connectivity index (χ4v) is 2.49. The summed E-state index contributed by atoms with van der Waals surface area (Å²) in [6.07, 6.45) is 1.52. The van der Waals surface area contributed by atoms with Crippen LogP contribution >= 0.6 is 0 Å². The Hall–Kier alpha value is -1.11. The summed E-state index contributed by atoms with van der Waals surface area (Å²) in [6.45, 7) is 4.82. The van der Waals surface area contributed by atoms with Crippen molar-refractivity contribution < 1.29 is 13.2 Å². The number of ether oxygens (including phenoxy) is 1. The molecule has 0 bridgehead atoms. The van der Waals surface area contributed by atoms with Gasteiger partial charge in [0.25, 0.3) is 0 Å². The topological polar surface area (TPSA) is 81.4 Å². The van der Waals surface area contributed by atoms with E-state index in [0.717, 1.165) is 6.42 Å². The smallest absolute Gasteiger partial charge is 0.240 e. The van der Waals surface area contributed by atoms with E-state index in [1.165, 1.54) is 0 Å². The van der Waals surface area contributed by atoms with Crippen LogP contribution in [0.1, 0.15) is 26.7 Å². The van der Waals surface area contributed by atoms with Gasteiger partial charge in [-0.15, -0.1) is 0 Å². The maximum atomic E-state index is 11.9. The Morgan fingerprint density at radius 3 is 2.47 bits per heavy atom. The second-order valence-electron chi connectivity index (χ2n) is 4.48. The normalized spacial score (nSPS) is 13.2. The van der Waals surface area contributed by atoms with Gasteiger partial charge in [0, 0.05) is 12.6 Å². The molecule has 0 spiro atoms. The summed E-state index contributed by atoms with van der Waals surface area (Å²) in [5.41, 5.74) is 5.58. The van der Waals surface area contributed by atoms with Crippen LogP contribution in [0, 0.1) is 0 Å². The molecular weight excluding hydrogens is 264 g/mol. The molecule has 19 heavy (non-hydrogen) atoms. The van der Waals surface area contributed by atoms with E-state index in [-0.39, 0.29) is 10.9 Å². The molecule has 0 amide bonds. The van der Waals surface area contributed by atoms with E-state index in [1.807, 2.05) is 13.8 Å². The molecule has 0 aliphatic carbocycles. The van der Waals surface area contributed by atoms with Crippen LogP contribution in [0.5, 0.6) is 5.75 Å². The van der Waals surface area contributed by atoms with Crippen LogP contribution in [0.15, 0.2) is 29.2 Å². The lowest BCUT2D eigenvalue weighted by atomic mass is 10.3. The molecule has 1 unspecified atom stereocenters. The highest BCUT2D eigenvalue weighted by Crippen LogP contribution is 2.16. The van der Waals surface area contributed by atoms with Gasteiger partial charge < -0.3 is 10.5 Å². The van der Waals surface area contributed by atoms with Crippen LogP contribution in [0.3, 0.4) is 0 Å². The van der Waals surface area contributed by atoms with E-state index in [9.17, 15) is 8.42 Å². The first-order valence-electron chi connectivity index (χ1n) is 6.44. The predicted octanol–water partition coefficient (Wildman–Crippen LogP) is 1.49. The molecule has 0 radical (unpaired) electrons. The quantitative estimate of drug-likeness (QED) is 0.758. The third kappa shape index (κ3) is 5.59. The monoisotopic (exact) mass is 286 g/mol. The molecule has 0 aliphatic heterocycles. The Bertz CT molecular complexity index is 469. The molecule has 1 aromatic carbocycles. The van der Waals surface area contributed by atoms with E-state index in [4.69, 9.17) is 10.5 Å². The van der Waals surface area contributed by atoms with Crippen molar-refractivity contribution in [3.05, 3.63) is 24.3 Å². The first-order valence-corrected chi connectivity index (χ1v) is 7.92. The summed E-state index contributed by atoms with van der Waals surface area (Å²) in [5, 5.41) is 0. The van der Waals surface area contributed by atoms with Gasteiger partial charge >= 0.3 is 0 Å². The summed E-state index contributed by atoms with van der Waals surface area (Å²) >= 11 is 0. The van der Waals surface area contributed by atoms with E-state index in [0.29, 0.717) is 25.3 Å². The van der Waals surface area contributed by atoms with Crippen molar-refractivity contribution in [2.24, 2.45) is 5.73 Å². The zero-order valence-electron chi connectivity index (χ0n) is 11.4. The molecule has 0 saturated heterocycles. The molecule has 5 nitrogen and oxygen atoms in total. The van der Waals surface area contributed by atoms with E-state index < -0.39 is 10.0 Å². The lowest BCUT2D eigenvalue weighted by Crippen LogP contribution is -2.29. The molecule has 1 rings (SSSR count). The van der Waals surface area contributed by atoms with E-state index in [2.05, 4.69) is 4.72 Å². The van der Waals surface area contributed by atoms with E-state index in [1.54, 1.807) is 24.3 Å². The van der Waals surface area contributed by atoms with Gasteiger partial charge in [0.2, 0.25) is 10.0 Å². The number of benzene rings is 1. The van der Waals surface area contributed by atoms with Crippen LogP contribution < -0.4 is 15.2 Å². The molecule has 1 atom stereocenters. The number of nitrogens with one attached hydrogen (secondary N) is 1. The second kappa shape index (κ2) is 7.47. The van der Waals surface area contributed by atoms with Crippen molar-refractivity contribution in [3.8, 4) is 5.75 Å². The van der Waals surface area contributed by atoms with Crippen LogP contribution in [0.25, 0.3) is 0 Å². The number of sulfonamides is 1. The molecule has 108 valence electrons. The Labute approximate surface area is 115 Å². The zero-order chi connectivity index (χ0) is 14.3. The lowest BCUT2D eigenvalue weighted by molar-refractivity contribution is 0.317. The third-order valence-corrected chi connectivity index (χ3v) is 3.98. The van der Waals surface area contributed by atoms with Gasteiger partial charge in [-0.3, -0.25) is 0 Å². The molecule has 1 aromatic rings. The zero-order valence-corrected chi connectivity index (χ0v) is 12.2. The summed E-state index contributed by atoms with van der Waals surface area (Å²) in [4.78, 5) is 0.237. The van der Waals surface area contributed by atoms with Crippen LogP contribution in [0.4, 0.5) is 0 Å². The summed E-state index contributed by atoms with van der Waals surface area (Å²) < 4.78 is 31.8. The molecular formula is C13H22N2O3S. The maximum absolute atomic E-state index is 11.9. The van der Waals surface area contributed by atoms with Gasteiger partial charge in [0.1, 0.15) is 5.75 Å². The Kier molecular flexibility index (Phi) is 6.27. The minimum atomic E-state index is -3.45. The number of hydrogen-bond acceptors (Lipinski definition) is 4. The van der Waals surface area contributed by atoms with Crippen molar-refractivity contribution in [2.45, 2.75) is 37.6 Å². The van der Waals surface area contributed by atoms with Gasteiger partial charge in [-0.1, -0.05) is 6.92 Å². The SMILES string of the molecule is CCCOc1ccc(S(=O)(=O)NCCC(C)N)cc1. The number of rotatable bonds is 8. The van der Waals surface area contributed by atoms with Crippen molar-refractivity contribution >= 4 is 10.0 Å². The standard InChI is InChI=1S/C13H22N2O3S/c1-3-10-18-12-4-6-13(7-5-12)19(16,17)15-9-8-11(2)14/h4-7,11,15H,3,8-10,14H2,1-2H3. The molecule has 0 heterocycles. The van der Waals surface area contributed by atoms with Crippen molar-refractivity contribution in [1.82, 2.24) is 4.72 Å². The third-order valence-electron chi connectivity index (χ3n) is 2.50. The van der Waals surface area contributed by atoms with Gasteiger partial charge in [0.05, 0.1) is 11.5 Å². The van der Waals surface area contributed by atoms with Gasteiger partial charge in [-0.25, -0.2) is 13.1 Å². The highest BCUT2D eigenvalue weighted by atomic mass is 32.2. The lowest BCUT2D eigenvalue weighted by Gasteiger charge is -2.09. The fourth-order valence-electron chi connectivity index (χ4n) is 1.44. The Morgan fingerprint density at radius 1 is 1.32 bits per heavy atom. The van der Waals surface area contributed by atoms with E-state index >= 15 is 0 Å². The molecule has 0 saturated carbocycles. The number of hydrogen-bond donors (Lipinski definition) is 2. The van der Waals surface area contributed by atoms with Crippen molar-refractivity contribution in [3.63, 3.8) is 0 Å². The fraction of sp³-hybridized carbons (Fsp3) is 0.538. The van der Waals surface area contributed by atoms with Crippen molar-refractivity contribution in [1.29, 1.82) is 0 Å².